The average Bonchev–Trinajstić information content (AvgIpc) is 2.68. The van der Waals surface area contributed by atoms with E-state index in [2.05, 4.69) is 14.9 Å². The molecule has 0 spiro atoms. The van der Waals surface area contributed by atoms with Gasteiger partial charge in [-0.15, -0.1) is 0 Å². The molecule has 3 rings (SSSR count). The Morgan fingerprint density at radius 1 is 1.11 bits per heavy atom. The average molecular weight is 404 g/mol. The van der Waals surface area contributed by atoms with Crippen LogP contribution in [0.3, 0.4) is 0 Å². The molecule has 1 aliphatic rings. The molecule has 150 valence electrons. The summed E-state index contributed by atoms with van der Waals surface area (Å²) in [5.74, 6) is -0.256. The quantitative estimate of drug-likeness (QED) is 0.772. The summed E-state index contributed by atoms with van der Waals surface area (Å²) in [5, 5.41) is 2.87. The van der Waals surface area contributed by atoms with Gasteiger partial charge in [-0.25, -0.2) is 8.42 Å². The molecule has 0 aromatic heterocycles. The van der Waals surface area contributed by atoms with Crippen LogP contribution in [0.2, 0.25) is 0 Å². The van der Waals surface area contributed by atoms with Crippen LogP contribution >= 0.6 is 0 Å². The molecule has 1 fully saturated rings. The van der Waals surface area contributed by atoms with Crippen LogP contribution in [0, 0.1) is 6.92 Å². The first kappa shape index (κ1) is 20.2. The zero-order valence-electron chi connectivity index (χ0n) is 16.1. The molecule has 0 aliphatic carbocycles. The molecule has 0 radical (unpaired) electrons. The zero-order valence-corrected chi connectivity index (χ0v) is 16.9. The lowest BCUT2D eigenvalue weighted by Crippen LogP contribution is -2.36. The fraction of sp³-hybridized carbons (Fsp3) is 0.350. The third-order valence-corrected chi connectivity index (χ3v) is 5.15. The maximum atomic E-state index is 12.5. The van der Waals surface area contributed by atoms with Gasteiger partial charge < -0.3 is 15.0 Å². The number of carbonyl (C=O) groups excluding carboxylic acids is 1. The number of rotatable bonds is 6. The summed E-state index contributed by atoms with van der Waals surface area (Å²) in [5.41, 5.74) is 3.70. The van der Waals surface area contributed by atoms with Crippen molar-refractivity contribution in [1.29, 1.82) is 0 Å². The van der Waals surface area contributed by atoms with E-state index in [1.165, 1.54) is 0 Å². The molecule has 2 aromatic carbocycles. The molecule has 1 saturated heterocycles. The molecule has 1 aliphatic heterocycles. The third kappa shape index (κ3) is 5.46. The van der Waals surface area contributed by atoms with Crippen molar-refractivity contribution in [2.24, 2.45) is 0 Å². The maximum absolute atomic E-state index is 12.5. The molecule has 1 heterocycles. The van der Waals surface area contributed by atoms with E-state index >= 15 is 0 Å². The van der Waals surface area contributed by atoms with Crippen molar-refractivity contribution in [3.63, 3.8) is 0 Å². The second-order valence-corrected chi connectivity index (χ2v) is 8.60. The van der Waals surface area contributed by atoms with Gasteiger partial charge in [0, 0.05) is 30.9 Å². The number of benzene rings is 2. The summed E-state index contributed by atoms with van der Waals surface area (Å²) < 4.78 is 30.7. The molecular formula is C20H25N3O4S. The molecule has 8 heteroatoms. The van der Waals surface area contributed by atoms with Crippen LogP contribution in [0.4, 0.5) is 11.4 Å². The number of aryl methyl sites for hydroxylation is 1. The molecule has 0 unspecified atom stereocenters. The first-order chi connectivity index (χ1) is 13.3. The van der Waals surface area contributed by atoms with E-state index in [9.17, 15) is 13.2 Å². The number of ether oxygens (including phenoxy) is 1. The van der Waals surface area contributed by atoms with Crippen molar-refractivity contribution >= 4 is 27.3 Å². The molecule has 0 saturated carbocycles. The number of hydrogen-bond acceptors (Lipinski definition) is 5. The fourth-order valence-electron chi connectivity index (χ4n) is 3.00. The first-order valence-corrected chi connectivity index (χ1v) is 11.0. The van der Waals surface area contributed by atoms with Crippen LogP contribution in [0.5, 0.6) is 0 Å². The highest BCUT2D eigenvalue weighted by Crippen LogP contribution is 2.19. The van der Waals surface area contributed by atoms with Crippen LogP contribution in [-0.2, 0) is 21.3 Å². The normalized spacial score (nSPS) is 14.6. The van der Waals surface area contributed by atoms with Crippen LogP contribution < -0.4 is 14.9 Å². The summed E-state index contributed by atoms with van der Waals surface area (Å²) >= 11 is 0. The monoisotopic (exact) mass is 403 g/mol. The predicted molar refractivity (Wildman–Crippen MR) is 110 cm³/mol. The van der Waals surface area contributed by atoms with Gasteiger partial charge in [-0.1, -0.05) is 18.2 Å². The molecule has 0 atom stereocenters. The van der Waals surface area contributed by atoms with Gasteiger partial charge in [0.15, 0.2) is 0 Å². The largest absolute Gasteiger partial charge is 0.378 e. The standard InChI is InChI=1S/C20H25N3O4S/c1-15-3-6-17(13-19(15)22-28(2,25)26)20(24)21-14-16-4-7-18(8-5-16)23-9-11-27-12-10-23/h3-8,13,22H,9-12,14H2,1-2H3,(H,21,24). The van der Waals surface area contributed by atoms with Crippen molar-refractivity contribution in [3.8, 4) is 0 Å². The van der Waals surface area contributed by atoms with Gasteiger partial charge >= 0.3 is 0 Å². The van der Waals surface area contributed by atoms with Crippen LogP contribution in [-0.4, -0.2) is 46.9 Å². The Kier molecular flexibility index (Phi) is 6.21. The minimum absolute atomic E-state index is 0.256. The number of morpholine rings is 1. The summed E-state index contributed by atoms with van der Waals surface area (Å²) in [6.45, 7) is 5.42. The van der Waals surface area contributed by atoms with Crippen LogP contribution in [0.15, 0.2) is 42.5 Å². The highest BCUT2D eigenvalue weighted by atomic mass is 32.2. The molecule has 28 heavy (non-hydrogen) atoms. The summed E-state index contributed by atoms with van der Waals surface area (Å²) in [6.07, 6.45) is 1.08. The third-order valence-electron chi connectivity index (χ3n) is 4.56. The van der Waals surface area contributed by atoms with Crippen molar-refractivity contribution < 1.29 is 17.9 Å². The van der Waals surface area contributed by atoms with E-state index < -0.39 is 10.0 Å². The number of nitrogens with zero attached hydrogens (tertiary/aromatic N) is 1. The highest BCUT2D eigenvalue weighted by Gasteiger charge is 2.12. The fourth-order valence-corrected chi connectivity index (χ4v) is 3.62. The molecule has 2 aromatic rings. The van der Waals surface area contributed by atoms with E-state index in [0.717, 1.165) is 49.4 Å². The van der Waals surface area contributed by atoms with Crippen molar-refractivity contribution in [1.82, 2.24) is 5.32 Å². The van der Waals surface area contributed by atoms with Gasteiger partial charge in [0.05, 0.1) is 25.2 Å². The molecule has 7 nitrogen and oxygen atoms in total. The number of nitrogens with one attached hydrogen (secondary N) is 2. The first-order valence-electron chi connectivity index (χ1n) is 9.10. The Labute approximate surface area is 165 Å². The number of carbonyl (C=O) groups is 1. The summed E-state index contributed by atoms with van der Waals surface area (Å²) in [6, 6.07) is 13.0. The van der Waals surface area contributed by atoms with Gasteiger partial charge in [0.25, 0.3) is 5.91 Å². The Bertz CT molecular complexity index is 936. The van der Waals surface area contributed by atoms with Gasteiger partial charge in [-0.2, -0.15) is 0 Å². The lowest BCUT2D eigenvalue weighted by atomic mass is 10.1. The smallest absolute Gasteiger partial charge is 0.251 e. The van der Waals surface area contributed by atoms with Gasteiger partial charge in [-0.3, -0.25) is 9.52 Å². The number of amides is 1. The van der Waals surface area contributed by atoms with E-state index in [0.29, 0.717) is 17.8 Å². The number of hydrogen-bond donors (Lipinski definition) is 2. The van der Waals surface area contributed by atoms with E-state index in [4.69, 9.17) is 4.74 Å². The minimum atomic E-state index is -3.40. The molecule has 1 amide bonds. The molecular weight excluding hydrogens is 378 g/mol. The Balaban J connectivity index is 1.61. The summed E-state index contributed by atoms with van der Waals surface area (Å²) in [7, 11) is -3.40. The summed E-state index contributed by atoms with van der Waals surface area (Å²) in [4.78, 5) is 14.7. The van der Waals surface area contributed by atoms with Gasteiger partial charge in [0.1, 0.15) is 0 Å². The topological polar surface area (TPSA) is 87.7 Å². The van der Waals surface area contributed by atoms with Crippen LogP contribution in [0.25, 0.3) is 0 Å². The Morgan fingerprint density at radius 2 is 1.79 bits per heavy atom. The van der Waals surface area contributed by atoms with Crippen LogP contribution in [0.1, 0.15) is 21.5 Å². The molecule has 2 N–H and O–H groups in total. The van der Waals surface area contributed by atoms with Gasteiger partial charge in [-0.05, 0) is 42.3 Å². The molecule has 0 bridgehead atoms. The van der Waals surface area contributed by atoms with Gasteiger partial charge in [0.2, 0.25) is 10.0 Å². The number of sulfonamides is 1. The SMILES string of the molecule is Cc1ccc(C(=O)NCc2ccc(N3CCOCC3)cc2)cc1NS(C)(=O)=O. The highest BCUT2D eigenvalue weighted by molar-refractivity contribution is 7.92. The Morgan fingerprint density at radius 3 is 2.43 bits per heavy atom. The van der Waals surface area contributed by atoms with E-state index in [1.54, 1.807) is 25.1 Å². The lowest BCUT2D eigenvalue weighted by Gasteiger charge is -2.28. The lowest BCUT2D eigenvalue weighted by molar-refractivity contribution is 0.0951. The predicted octanol–water partition coefficient (Wildman–Crippen LogP) is 2.13. The van der Waals surface area contributed by atoms with Crippen molar-refractivity contribution in [2.45, 2.75) is 13.5 Å². The second kappa shape index (κ2) is 8.62. The van der Waals surface area contributed by atoms with Crippen molar-refractivity contribution in [3.05, 3.63) is 59.2 Å². The van der Waals surface area contributed by atoms with E-state index in [1.807, 2.05) is 24.3 Å². The van der Waals surface area contributed by atoms with E-state index in [-0.39, 0.29) is 5.91 Å². The second-order valence-electron chi connectivity index (χ2n) is 6.85. The Hall–Kier alpha value is -2.58. The maximum Gasteiger partial charge on any atom is 0.251 e. The van der Waals surface area contributed by atoms with Crippen molar-refractivity contribution in [2.75, 3.05) is 42.2 Å². The number of anilines is 2. The zero-order chi connectivity index (χ0) is 20.1. The minimum Gasteiger partial charge on any atom is -0.378 e.